The molecule has 0 radical (unpaired) electrons. The van der Waals surface area contributed by atoms with E-state index in [1.165, 1.54) is 0 Å². The summed E-state index contributed by atoms with van der Waals surface area (Å²) >= 11 is 0. The summed E-state index contributed by atoms with van der Waals surface area (Å²) in [6.45, 7) is 2.14. The third-order valence-electron chi connectivity index (χ3n) is 0.472. The fourth-order valence-electron chi connectivity index (χ4n) is 0.220. The van der Waals surface area contributed by atoms with E-state index in [2.05, 4.69) is 4.74 Å². The van der Waals surface area contributed by atoms with Crippen molar-refractivity contribution >= 4 is 18.4 Å². The van der Waals surface area contributed by atoms with Crippen molar-refractivity contribution in [3.63, 3.8) is 0 Å². The quantitative estimate of drug-likeness (QED) is 0.364. The van der Waals surface area contributed by atoms with E-state index in [9.17, 15) is 4.79 Å². The fraction of sp³-hybridized carbons (Fsp3) is 0.750. The van der Waals surface area contributed by atoms with Crippen molar-refractivity contribution in [2.75, 3.05) is 13.2 Å². The van der Waals surface area contributed by atoms with E-state index in [0.29, 0.717) is 6.61 Å². The number of carbonyl (C=O) groups is 1. The van der Waals surface area contributed by atoms with Crippen LogP contribution in [0.3, 0.4) is 0 Å². The summed E-state index contributed by atoms with van der Waals surface area (Å²) < 4.78 is 4.43. The first kappa shape index (κ1) is 16.8. The Balaban J connectivity index is -0.0000000600. The molecule has 0 rings (SSSR count). The molecule has 0 aromatic carbocycles. The molecule has 0 bridgehead atoms. The van der Waals surface area contributed by atoms with Crippen molar-refractivity contribution in [3.05, 3.63) is 0 Å². The minimum Gasteiger partial charge on any atom is -1.00 e. The minimum atomic E-state index is -0.345. The first-order valence-corrected chi connectivity index (χ1v) is 2.17. The van der Waals surface area contributed by atoms with E-state index < -0.39 is 0 Å². The van der Waals surface area contributed by atoms with Crippen LogP contribution in [-0.4, -0.2) is 19.1 Å². The molecule has 0 amide bonds. The third kappa shape index (κ3) is 12.5. The standard InChI is InChI=1S/C4H9NO2.ClH.K.H/c1-2-7-4(6)3-5;;;/h2-3,5H2,1H3;1H;;/q;;+1;-1. The Morgan fingerprint density at radius 1 is 1.78 bits per heavy atom. The maximum Gasteiger partial charge on any atom is 1.00 e. The number of hydrogen-bond donors (Lipinski definition) is 1. The summed E-state index contributed by atoms with van der Waals surface area (Å²) in [7, 11) is 0. The Morgan fingerprint density at radius 2 is 2.22 bits per heavy atom. The molecule has 3 nitrogen and oxygen atoms in total. The van der Waals surface area contributed by atoms with Gasteiger partial charge in [-0.25, -0.2) is 0 Å². The molecular formula is C4H11ClKNO2. The Bertz CT molecular complexity index is 76.3. The second-order valence-electron chi connectivity index (χ2n) is 1.01. The average Bonchev–Trinajstić information content (AvgIpc) is 1.68. The third-order valence-corrected chi connectivity index (χ3v) is 0.472. The maximum absolute atomic E-state index is 10.1. The molecule has 0 saturated heterocycles. The molecule has 0 unspecified atom stereocenters. The predicted octanol–water partition coefficient (Wildman–Crippen LogP) is -2.95. The molecule has 0 aliphatic carbocycles. The molecule has 0 saturated carbocycles. The van der Waals surface area contributed by atoms with Crippen molar-refractivity contribution in [1.82, 2.24) is 0 Å². The van der Waals surface area contributed by atoms with E-state index in [4.69, 9.17) is 5.73 Å². The van der Waals surface area contributed by atoms with Gasteiger partial charge in [-0.1, -0.05) is 0 Å². The van der Waals surface area contributed by atoms with Gasteiger partial charge in [-0.15, -0.1) is 12.4 Å². The molecule has 5 heteroatoms. The van der Waals surface area contributed by atoms with Gasteiger partial charge in [-0.2, -0.15) is 0 Å². The van der Waals surface area contributed by atoms with Crippen LogP contribution in [0.1, 0.15) is 8.35 Å². The van der Waals surface area contributed by atoms with Crippen LogP contribution in [0.15, 0.2) is 0 Å². The van der Waals surface area contributed by atoms with Crippen molar-refractivity contribution in [2.24, 2.45) is 5.73 Å². The number of esters is 1. The van der Waals surface area contributed by atoms with Gasteiger partial charge in [0.25, 0.3) is 0 Å². The zero-order valence-electron chi connectivity index (χ0n) is 6.72. The number of halogens is 1. The van der Waals surface area contributed by atoms with Gasteiger partial charge in [0.1, 0.15) is 0 Å². The second kappa shape index (κ2) is 12.1. The summed E-state index contributed by atoms with van der Waals surface area (Å²) in [5.74, 6) is -0.345. The van der Waals surface area contributed by atoms with E-state index >= 15 is 0 Å². The number of rotatable bonds is 2. The molecule has 0 aromatic rings. The monoisotopic (exact) mass is 179 g/mol. The number of ether oxygens (including phenoxy) is 1. The Kier molecular flexibility index (Phi) is 22.5. The first-order chi connectivity index (χ1) is 3.31. The van der Waals surface area contributed by atoms with Crippen LogP contribution in [0, 0.1) is 0 Å². The number of hydrogen-bond acceptors (Lipinski definition) is 3. The van der Waals surface area contributed by atoms with Crippen LogP contribution in [0.2, 0.25) is 0 Å². The Hall–Kier alpha value is 1.36. The second-order valence-corrected chi connectivity index (χ2v) is 1.01. The predicted molar refractivity (Wildman–Crippen MR) is 34.0 cm³/mol. The zero-order valence-corrected chi connectivity index (χ0v) is 9.66. The van der Waals surface area contributed by atoms with E-state index in [1.54, 1.807) is 6.92 Å². The largest absolute Gasteiger partial charge is 1.00 e. The van der Waals surface area contributed by atoms with E-state index in [-0.39, 0.29) is 77.7 Å². The smallest absolute Gasteiger partial charge is 1.00 e. The molecule has 0 aliphatic rings. The van der Waals surface area contributed by atoms with Gasteiger partial charge in [-0.05, 0) is 6.92 Å². The van der Waals surface area contributed by atoms with Crippen molar-refractivity contribution in [2.45, 2.75) is 6.92 Å². The van der Waals surface area contributed by atoms with Gasteiger partial charge in [-0.3, -0.25) is 4.79 Å². The average molecular weight is 180 g/mol. The zero-order chi connectivity index (χ0) is 5.70. The summed E-state index contributed by atoms with van der Waals surface area (Å²) in [6.07, 6.45) is 0. The number of nitrogens with two attached hydrogens (primary N) is 1. The molecular weight excluding hydrogens is 169 g/mol. The Morgan fingerprint density at radius 3 is 2.33 bits per heavy atom. The summed E-state index contributed by atoms with van der Waals surface area (Å²) in [4.78, 5) is 10.1. The molecule has 0 atom stereocenters. The van der Waals surface area contributed by atoms with Crippen molar-refractivity contribution in [1.29, 1.82) is 0 Å². The van der Waals surface area contributed by atoms with Gasteiger partial charge in [0.15, 0.2) is 0 Å². The summed E-state index contributed by atoms with van der Waals surface area (Å²) in [5, 5.41) is 0. The molecule has 2 N–H and O–H groups in total. The van der Waals surface area contributed by atoms with Crippen LogP contribution in [0.4, 0.5) is 0 Å². The molecule has 52 valence electrons. The number of carbonyl (C=O) groups excluding carboxylic acids is 1. The van der Waals surface area contributed by atoms with Gasteiger partial charge >= 0.3 is 57.4 Å². The fourth-order valence-corrected chi connectivity index (χ4v) is 0.220. The topological polar surface area (TPSA) is 52.3 Å². The summed E-state index contributed by atoms with van der Waals surface area (Å²) in [6, 6.07) is 0. The van der Waals surface area contributed by atoms with E-state index in [1.807, 2.05) is 0 Å². The minimum absolute atomic E-state index is 0. The van der Waals surface area contributed by atoms with Crippen LogP contribution in [0.25, 0.3) is 0 Å². The van der Waals surface area contributed by atoms with Crippen LogP contribution in [-0.2, 0) is 9.53 Å². The van der Waals surface area contributed by atoms with Crippen LogP contribution >= 0.6 is 12.4 Å². The molecule has 0 heterocycles. The normalized spacial score (nSPS) is 6.44. The molecule has 9 heavy (non-hydrogen) atoms. The van der Waals surface area contributed by atoms with Gasteiger partial charge in [0.2, 0.25) is 0 Å². The van der Waals surface area contributed by atoms with Crippen LogP contribution in [0.5, 0.6) is 0 Å². The van der Waals surface area contributed by atoms with Gasteiger partial charge < -0.3 is 11.9 Å². The Labute approximate surface area is 105 Å². The SMILES string of the molecule is CCOC(=O)CN.Cl.[H-].[K+]. The van der Waals surface area contributed by atoms with E-state index in [0.717, 1.165) is 0 Å². The molecule has 0 aromatic heterocycles. The van der Waals surface area contributed by atoms with Crippen molar-refractivity contribution in [3.8, 4) is 0 Å². The molecule has 0 fully saturated rings. The van der Waals surface area contributed by atoms with Crippen molar-refractivity contribution < 1.29 is 62.3 Å². The first-order valence-electron chi connectivity index (χ1n) is 2.17. The summed E-state index contributed by atoms with van der Waals surface area (Å²) in [5.41, 5.74) is 4.88. The molecule has 0 spiro atoms. The van der Waals surface area contributed by atoms with Crippen LogP contribution < -0.4 is 57.1 Å². The van der Waals surface area contributed by atoms with Gasteiger partial charge in [0.05, 0.1) is 13.2 Å². The molecule has 0 aliphatic heterocycles. The van der Waals surface area contributed by atoms with Gasteiger partial charge in [0, 0.05) is 0 Å². The maximum atomic E-state index is 10.1.